The quantitative estimate of drug-likeness (QED) is 0.220. The highest BCUT2D eigenvalue weighted by atomic mass is 16.6. The number of carbonyl (C=O) groups excluding carboxylic acids is 1. The zero-order valence-electron chi connectivity index (χ0n) is 18.6. The van der Waals surface area contributed by atoms with Crippen molar-refractivity contribution < 1.29 is 24.5 Å². The maximum absolute atomic E-state index is 12.5. The van der Waals surface area contributed by atoms with Crippen LogP contribution in [0.3, 0.4) is 0 Å². The third-order valence-corrected chi connectivity index (χ3v) is 5.43. The van der Waals surface area contributed by atoms with Gasteiger partial charge in [-0.2, -0.15) is 0 Å². The molecule has 0 aromatic heterocycles. The zero-order valence-corrected chi connectivity index (χ0v) is 18.6. The highest BCUT2D eigenvalue weighted by Gasteiger charge is 2.23. The van der Waals surface area contributed by atoms with E-state index in [1.165, 1.54) is 25.7 Å². The second-order valence-electron chi connectivity index (χ2n) is 8.13. The number of aliphatic carboxylic acids is 1. The second-order valence-corrected chi connectivity index (χ2v) is 8.13. The van der Waals surface area contributed by atoms with Crippen molar-refractivity contribution in [2.24, 2.45) is 0 Å². The first kappa shape index (κ1) is 26.2. The largest absolute Gasteiger partial charge is 0.481 e. The number of ether oxygens (including phenoxy) is 1. The summed E-state index contributed by atoms with van der Waals surface area (Å²) in [7, 11) is 0. The van der Waals surface area contributed by atoms with Gasteiger partial charge >= 0.3 is 11.9 Å². The predicted octanol–water partition coefficient (Wildman–Crippen LogP) is 6.14. The van der Waals surface area contributed by atoms with Crippen LogP contribution >= 0.6 is 0 Å². The molecule has 0 fully saturated rings. The second kappa shape index (κ2) is 16.9. The molecular formula is C25H40O5. The first-order chi connectivity index (χ1) is 14.5. The molecule has 0 bridgehead atoms. The van der Waals surface area contributed by atoms with E-state index in [1.807, 2.05) is 6.07 Å². The van der Waals surface area contributed by atoms with Gasteiger partial charge in [0.25, 0.3) is 0 Å². The Labute approximate surface area is 181 Å². The van der Waals surface area contributed by atoms with E-state index in [2.05, 4.69) is 6.92 Å². The fourth-order valence-corrected chi connectivity index (χ4v) is 3.58. The topological polar surface area (TPSA) is 83.8 Å². The molecule has 2 unspecified atom stereocenters. The summed E-state index contributed by atoms with van der Waals surface area (Å²) in [5, 5.41) is 19.3. The highest BCUT2D eigenvalue weighted by Crippen LogP contribution is 2.19. The molecule has 0 saturated heterocycles. The lowest BCUT2D eigenvalue weighted by Crippen LogP contribution is -2.31. The van der Waals surface area contributed by atoms with Crippen molar-refractivity contribution in [1.82, 2.24) is 0 Å². The summed E-state index contributed by atoms with van der Waals surface area (Å²) in [6, 6.07) is 8.90. The third-order valence-electron chi connectivity index (χ3n) is 5.43. The van der Waals surface area contributed by atoms with Crippen molar-refractivity contribution in [3.8, 4) is 0 Å². The molecule has 0 aliphatic carbocycles. The average molecular weight is 421 g/mol. The van der Waals surface area contributed by atoms with Gasteiger partial charge in [0.1, 0.15) is 6.10 Å². The number of aliphatic hydroxyl groups excluding tert-OH is 1. The summed E-state index contributed by atoms with van der Waals surface area (Å²) < 4.78 is 5.69. The van der Waals surface area contributed by atoms with Crippen LogP contribution < -0.4 is 0 Å². The molecule has 0 radical (unpaired) electrons. The van der Waals surface area contributed by atoms with Gasteiger partial charge in [-0.05, 0) is 37.8 Å². The Morgan fingerprint density at radius 1 is 0.833 bits per heavy atom. The van der Waals surface area contributed by atoms with E-state index in [0.717, 1.165) is 38.5 Å². The summed E-state index contributed by atoms with van der Waals surface area (Å²) in [4.78, 5) is 23.0. The van der Waals surface area contributed by atoms with Gasteiger partial charge < -0.3 is 14.9 Å². The Balaban J connectivity index is 2.43. The van der Waals surface area contributed by atoms with Gasteiger partial charge in [-0.1, -0.05) is 82.9 Å². The summed E-state index contributed by atoms with van der Waals surface area (Å²) in [6.07, 6.45) is 11.7. The maximum atomic E-state index is 12.5. The molecule has 0 amide bonds. The molecule has 170 valence electrons. The lowest BCUT2D eigenvalue weighted by atomic mass is 9.99. The van der Waals surface area contributed by atoms with E-state index >= 15 is 0 Å². The number of carboxylic acid groups (broad SMARTS) is 1. The Morgan fingerprint density at radius 3 is 2.03 bits per heavy atom. The minimum absolute atomic E-state index is 0.217. The van der Waals surface area contributed by atoms with Gasteiger partial charge in [0.05, 0.1) is 11.7 Å². The number of benzene rings is 1. The maximum Gasteiger partial charge on any atom is 0.338 e. The van der Waals surface area contributed by atoms with Crippen LogP contribution in [0.1, 0.15) is 107 Å². The summed E-state index contributed by atoms with van der Waals surface area (Å²) in [6.45, 7) is 2.20. The molecule has 2 N–H and O–H groups in total. The number of carbonyl (C=O) groups is 2. The SMILES string of the molecule is CCCCCCCCC(O)C(CCCCCCCC(=O)O)OC(=O)c1ccccc1. The van der Waals surface area contributed by atoms with E-state index < -0.39 is 18.2 Å². The van der Waals surface area contributed by atoms with Crippen LogP contribution in [0.5, 0.6) is 0 Å². The molecule has 0 aliphatic rings. The van der Waals surface area contributed by atoms with Crippen LogP contribution in [-0.4, -0.2) is 34.4 Å². The molecule has 0 saturated carbocycles. The van der Waals surface area contributed by atoms with Gasteiger partial charge in [0, 0.05) is 6.42 Å². The molecule has 0 heterocycles. The summed E-state index contributed by atoms with van der Waals surface area (Å²) in [5.74, 6) is -1.13. The number of hydrogen-bond acceptors (Lipinski definition) is 4. The molecule has 0 spiro atoms. The van der Waals surface area contributed by atoms with Crippen LogP contribution in [0, 0.1) is 0 Å². The number of carboxylic acids is 1. The molecule has 1 aromatic rings. The zero-order chi connectivity index (χ0) is 22.0. The lowest BCUT2D eigenvalue weighted by Gasteiger charge is -2.23. The van der Waals surface area contributed by atoms with E-state index in [0.29, 0.717) is 24.8 Å². The van der Waals surface area contributed by atoms with Gasteiger partial charge in [-0.25, -0.2) is 4.79 Å². The predicted molar refractivity (Wildman–Crippen MR) is 120 cm³/mol. The van der Waals surface area contributed by atoms with Gasteiger partial charge in [0.15, 0.2) is 0 Å². The van der Waals surface area contributed by atoms with Crippen LogP contribution in [0.4, 0.5) is 0 Å². The van der Waals surface area contributed by atoms with E-state index in [-0.39, 0.29) is 12.4 Å². The first-order valence-electron chi connectivity index (χ1n) is 11.7. The first-order valence-corrected chi connectivity index (χ1v) is 11.7. The summed E-state index contributed by atoms with van der Waals surface area (Å²) >= 11 is 0. The Morgan fingerprint density at radius 2 is 1.40 bits per heavy atom. The fourth-order valence-electron chi connectivity index (χ4n) is 3.58. The Hall–Kier alpha value is -1.88. The Bertz CT molecular complexity index is 572. The van der Waals surface area contributed by atoms with Crippen molar-refractivity contribution in [1.29, 1.82) is 0 Å². The molecule has 0 aliphatic heterocycles. The minimum atomic E-state index is -0.749. The van der Waals surface area contributed by atoms with E-state index in [9.17, 15) is 14.7 Å². The molecule has 1 rings (SSSR count). The Kier molecular flexibility index (Phi) is 14.7. The van der Waals surface area contributed by atoms with Crippen LogP contribution in [0.25, 0.3) is 0 Å². The normalized spacial score (nSPS) is 13.0. The number of unbranched alkanes of at least 4 members (excludes halogenated alkanes) is 9. The standard InChI is InChI=1S/C25H40O5/c1-2-3-4-5-7-13-18-22(26)23(19-14-8-6-9-15-20-24(27)28)30-25(29)21-16-11-10-12-17-21/h10-12,16-17,22-23,26H,2-9,13-15,18-20H2,1H3,(H,27,28). The molecule has 2 atom stereocenters. The van der Waals surface area contributed by atoms with Gasteiger partial charge in [-0.3, -0.25) is 4.79 Å². The van der Waals surface area contributed by atoms with Crippen molar-refractivity contribution in [2.45, 2.75) is 109 Å². The monoisotopic (exact) mass is 420 g/mol. The van der Waals surface area contributed by atoms with Crippen molar-refractivity contribution in [3.63, 3.8) is 0 Å². The number of rotatable bonds is 18. The highest BCUT2D eigenvalue weighted by molar-refractivity contribution is 5.89. The molecule has 30 heavy (non-hydrogen) atoms. The fraction of sp³-hybridized carbons (Fsp3) is 0.680. The molecule has 5 heteroatoms. The summed E-state index contributed by atoms with van der Waals surface area (Å²) in [5.41, 5.74) is 0.503. The molecular weight excluding hydrogens is 380 g/mol. The van der Waals surface area contributed by atoms with Crippen molar-refractivity contribution in [2.75, 3.05) is 0 Å². The number of aliphatic hydroxyl groups is 1. The van der Waals surface area contributed by atoms with Crippen molar-refractivity contribution >= 4 is 11.9 Å². The van der Waals surface area contributed by atoms with Crippen LogP contribution in [0.15, 0.2) is 30.3 Å². The lowest BCUT2D eigenvalue weighted by molar-refractivity contribution is -0.137. The van der Waals surface area contributed by atoms with Gasteiger partial charge in [-0.15, -0.1) is 0 Å². The molecule has 1 aromatic carbocycles. The van der Waals surface area contributed by atoms with Gasteiger partial charge in [0.2, 0.25) is 0 Å². The average Bonchev–Trinajstić information content (AvgIpc) is 2.74. The van der Waals surface area contributed by atoms with Crippen molar-refractivity contribution in [3.05, 3.63) is 35.9 Å². The molecule has 5 nitrogen and oxygen atoms in total. The van der Waals surface area contributed by atoms with Crippen LogP contribution in [0.2, 0.25) is 0 Å². The minimum Gasteiger partial charge on any atom is -0.481 e. The van der Waals surface area contributed by atoms with Crippen LogP contribution in [-0.2, 0) is 9.53 Å². The van der Waals surface area contributed by atoms with E-state index in [4.69, 9.17) is 9.84 Å². The third kappa shape index (κ3) is 12.6. The number of hydrogen-bond donors (Lipinski definition) is 2. The number of esters is 1. The van der Waals surface area contributed by atoms with E-state index in [1.54, 1.807) is 24.3 Å². The smallest absolute Gasteiger partial charge is 0.338 e.